The molecule has 0 aliphatic carbocycles. The fourth-order valence-corrected chi connectivity index (χ4v) is 2.95. The molecular formula is C16H15Br2F2N. The van der Waals surface area contributed by atoms with Gasteiger partial charge in [-0.2, -0.15) is 0 Å². The van der Waals surface area contributed by atoms with Crippen molar-refractivity contribution in [1.82, 2.24) is 5.32 Å². The summed E-state index contributed by atoms with van der Waals surface area (Å²) in [4.78, 5) is 0. The zero-order valence-electron chi connectivity index (χ0n) is 11.5. The average molecular weight is 419 g/mol. The Bertz CT molecular complexity index is 632. The number of benzene rings is 2. The van der Waals surface area contributed by atoms with Crippen LogP contribution in [0.15, 0.2) is 45.3 Å². The fourth-order valence-electron chi connectivity index (χ4n) is 2.19. The number of hydrogen-bond acceptors (Lipinski definition) is 1. The van der Waals surface area contributed by atoms with Crippen molar-refractivity contribution in [1.29, 1.82) is 0 Å². The molecule has 1 nitrogen and oxygen atoms in total. The van der Waals surface area contributed by atoms with E-state index in [9.17, 15) is 8.78 Å². The molecule has 0 bridgehead atoms. The molecule has 5 heteroatoms. The van der Waals surface area contributed by atoms with Gasteiger partial charge in [-0.05, 0) is 64.3 Å². The number of likely N-dealkylation sites (N-methyl/N-ethyl adjacent to an activating group) is 1. The minimum Gasteiger partial charge on any atom is -0.310 e. The molecule has 112 valence electrons. The first kappa shape index (κ1) is 16.6. The topological polar surface area (TPSA) is 12.0 Å². The highest BCUT2D eigenvalue weighted by Crippen LogP contribution is 2.27. The van der Waals surface area contributed by atoms with E-state index in [1.54, 1.807) is 12.1 Å². The van der Waals surface area contributed by atoms with E-state index < -0.39 is 0 Å². The highest BCUT2D eigenvalue weighted by Gasteiger charge is 2.15. The Hall–Kier alpha value is -0.780. The van der Waals surface area contributed by atoms with Crippen molar-refractivity contribution >= 4 is 31.9 Å². The molecule has 0 aliphatic rings. The van der Waals surface area contributed by atoms with Gasteiger partial charge in [0.25, 0.3) is 0 Å². The third-order valence-electron chi connectivity index (χ3n) is 3.24. The first-order chi connectivity index (χ1) is 10.0. The number of hydrogen-bond donors (Lipinski definition) is 1. The number of nitrogens with one attached hydrogen (secondary N) is 1. The lowest BCUT2D eigenvalue weighted by atomic mass is 9.98. The monoisotopic (exact) mass is 417 g/mol. The zero-order valence-corrected chi connectivity index (χ0v) is 14.6. The van der Waals surface area contributed by atoms with E-state index in [-0.39, 0.29) is 17.7 Å². The molecule has 1 N–H and O–H groups in total. The molecule has 0 spiro atoms. The summed E-state index contributed by atoms with van der Waals surface area (Å²) in [7, 11) is 0. The van der Waals surface area contributed by atoms with E-state index in [2.05, 4.69) is 37.2 Å². The van der Waals surface area contributed by atoms with Gasteiger partial charge in [0.05, 0.1) is 4.47 Å². The molecule has 0 heterocycles. The molecule has 0 amide bonds. The molecule has 2 rings (SSSR count). The van der Waals surface area contributed by atoms with Crippen molar-refractivity contribution in [3.63, 3.8) is 0 Å². The van der Waals surface area contributed by atoms with Crippen LogP contribution in [-0.2, 0) is 6.42 Å². The summed E-state index contributed by atoms with van der Waals surface area (Å²) in [5.74, 6) is -0.561. The minimum absolute atomic E-state index is 0.0284. The lowest BCUT2D eigenvalue weighted by molar-refractivity contribution is 0.540. The van der Waals surface area contributed by atoms with Crippen LogP contribution < -0.4 is 5.32 Å². The van der Waals surface area contributed by atoms with Crippen LogP contribution in [0.3, 0.4) is 0 Å². The lowest BCUT2D eigenvalue weighted by Gasteiger charge is -2.19. The van der Waals surface area contributed by atoms with Crippen molar-refractivity contribution in [3.8, 4) is 0 Å². The summed E-state index contributed by atoms with van der Waals surface area (Å²) >= 11 is 6.54. The second-order valence-corrected chi connectivity index (χ2v) is 6.43. The Labute approximate surface area is 140 Å². The molecule has 0 fully saturated rings. The molecule has 1 atom stereocenters. The van der Waals surface area contributed by atoms with E-state index in [0.29, 0.717) is 10.9 Å². The highest BCUT2D eigenvalue weighted by atomic mass is 79.9. The number of rotatable bonds is 5. The van der Waals surface area contributed by atoms with Crippen molar-refractivity contribution in [2.75, 3.05) is 6.54 Å². The molecular weight excluding hydrogens is 404 g/mol. The summed E-state index contributed by atoms with van der Waals surface area (Å²) < 4.78 is 28.0. The van der Waals surface area contributed by atoms with Crippen LogP contribution in [0.1, 0.15) is 24.1 Å². The maximum absolute atomic E-state index is 13.7. The van der Waals surface area contributed by atoms with Gasteiger partial charge in [0, 0.05) is 10.5 Å². The zero-order chi connectivity index (χ0) is 15.4. The third-order valence-corrected chi connectivity index (χ3v) is 4.62. The van der Waals surface area contributed by atoms with Crippen molar-refractivity contribution in [2.24, 2.45) is 0 Å². The van der Waals surface area contributed by atoms with Gasteiger partial charge in [0.15, 0.2) is 0 Å². The second kappa shape index (κ2) is 7.47. The summed E-state index contributed by atoms with van der Waals surface area (Å²) in [6, 6.07) is 9.71. The molecule has 0 aliphatic heterocycles. The highest BCUT2D eigenvalue weighted by molar-refractivity contribution is 9.10. The Kier molecular flexibility index (Phi) is 5.90. The SMILES string of the molecule is CCNC(Cc1ccc(F)cc1Br)c1ccc(Br)c(F)c1. The molecule has 1 unspecified atom stereocenters. The summed E-state index contributed by atoms with van der Waals surface area (Å²) in [5, 5.41) is 3.34. The van der Waals surface area contributed by atoms with Gasteiger partial charge in [-0.3, -0.25) is 0 Å². The van der Waals surface area contributed by atoms with Crippen molar-refractivity contribution in [2.45, 2.75) is 19.4 Å². The van der Waals surface area contributed by atoms with Crippen LogP contribution in [0.4, 0.5) is 8.78 Å². The normalized spacial score (nSPS) is 12.4. The molecule has 0 saturated carbocycles. The quantitative estimate of drug-likeness (QED) is 0.686. The maximum Gasteiger partial charge on any atom is 0.137 e. The molecule has 2 aromatic rings. The number of halogens is 4. The van der Waals surface area contributed by atoms with Crippen molar-refractivity contribution in [3.05, 3.63) is 68.1 Å². The Morgan fingerprint density at radius 1 is 1.05 bits per heavy atom. The summed E-state index contributed by atoms with van der Waals surface area (Å²) in [6.07, 6.45) is 0.649. The molecule has 0 radical (unpaired) electrons. The first-order valence-corrected chi connectivity index (χ1v) is 8.22. The van der Waals surface area contributed by atoms with E-state index >= 15 is 0 Å². The molecule has 2 aromatic carbocycles. The van der Waals surface area contributed by atoms with Crippen LogP contribution in [-0.4, -0.2) is 6.54 Å². The summed E-state index contributed by atoms with van der Waals surface area (Å²) in [5.41, 5.74) is 1.85. The van der Waals surface area contributed by atoms with Crippen molar-refractivity contribution < 1.29 is 8.78 Å². The Morgan fingerprint density at radius 2 is 1.81 bits per heavy atom. The van der Waals surface area contributed by atoms with E-state index in [0.717, 1.165) is 22.1 Å². The van der Waals surface area contributed by atoms with Gasteiger partial charge < -0.3 is 5.32 Å². The summed E-state index contributed by atoms with van der Waals surface area (Å²) in [6.45, 7) is 2.77. The molecule has 0 saturated heterocycles. The van der Waals surface area contributed by atoms with E-state index in [1.165, 1.54) is 18.2 Å². The first-order valence-electron chi connectivity index (χ1n) is 6.63. The van der Waals surface area contributed by atoms with Crippen LogP contribution in [0.25, 0.3) is 0 Å². The van der Waals surface area contributed by atoms with Gasteiger partial charge in [0.2, 0.25) is 0 Å². The van der Waals surface area contributed by atoms with E-state index in [1.807, 2.05) is 13.0 Å². The standard InChI is InChI=1S/C16H15Br2F2N/c1-2-21-16(11-4-6-13(17)15(20)7-11)8-10-3-5-12(19)9-14(10)18/h3-7,9,16,21H,2,8H2,1H3. The van der Waals surface area contributed by atoms with Crippen LogP contribution >= 0.6 is 31.9 Å². The Balaban J connectivity index is 2.28. The Morgan fingerprint density at radius 3 is 2.43 bits per heavy atom. The maximum atomic E-state index is 13.7. The van der Waals surface area contributed by atoms with Crippen LogP contribution in [0.5, 0.6) is 0 Å². The second-order valence-electron chi connectivity index (χ2n) is 4.72. The molecule has 21 heavy (non-hydrogen) atoms. The average Bonchev–Trinajstić information content (AvgIpc) is 2.44. The molecule has 0 aromatic heterocycles. The van der Waals surface area contributed by atoms with Gasteiger partial charge in [0.1, 0.15) is 11.6 Å². The van der Waals surface area contributed by atoms with E-state index in [4.69, 9.17) is 0 Å². The van der Waals surface area contributed by atoms with Gasteiger partial charge in [-0.25, -0.2) is 8.78 Å². The van der Waals surface area contributed by atoms with Gasteiger partial charge >= 0.3 is 0 Å². The van der Waals surface area contributed by atoms with Crippen LogP contribution in [0.2, 0.25) is 0 Å². The largest absolute Gasteiger partial charge is 0.310 e. The van der Waals surface area contributed by atoms with Gasteiger partial charge in [-0.1, -0.05) is 35.0 Å². The smallest absolute Gasteiger partial charge is 0.137 e. The predicted octanol–water partition coefficient (Wildman–Crippen LogP) is 5.38. The third kappa shape index (κ3) is 4.34. The van der Waals surface area contributed by atoms with Gasteiger partial charge in [-0.15, -0.1) is 0 Å². The van der Waals surface area contributed by atoms with Crippen LogP contribution in [0, 0.1) is 11.6 Å². The fraction of sp³-hybridized carbons (Fsp3) is 0.250. The predicted molar refractivity (Wildman–Crippen MR) is 88.3 cm³/mol. The minimum atomic E-state index is -0.284. The lowest BCUT2D eigenvalue weighted by Crippen LogP contribution is -2.23.